The third-order valence-electron chi connectivity index (χ3n) is 2.28. The maximum absolute atomic E-state index is 11.0. The van der Waals surface area contributed by atoms with Crippen LogP contribution in [-0.4, -0.2) is 45.8 Å². The van der Waals surface area contributed by atoms with Crippen molar-refractivity contribution < 1.29 is 8.42 Å². The summed E-state index contributed by atoms with van der Waals surface area (Å²) in [6.45, 7) is 3.83. The van der Waals surface area contributed by atoms with Crippen molar-refractivity contribution in [2.75, 3.05) is 17.8 Å². The SMILES string of the molecule is Cc1cc(C)n2nc(SCCS(C)(=O)=O)nc2n1. The van der Waals surface area contributed by atoms with E-state index in [4.69, 9.17) is 0 Å². The molecule has 2 aromatic heterocycles. The molecule has 0 saturated heterocycles. The van der Waals surface area contributed by atoms with Crippen LogP contribution in [0.5, 0.6) is 0 Å². The van der Waals surface area contributed by atoms with E-state index in [1.54, 1.807) is 4.52 Å². The van der Waals surface area contributed by atoms with E-state index in [1.165, 1.54) is 18.0 Å². The highest BCUT2D eigenvalue weighted by Crippen LogP contribution is 2.15. The molecule has 8 heteroatoms. The van der Waals surface area contributed by atoms with Gasteiger partial charge in [0.1, 0.15) is 9.84 Å². The summed E-state index contributed by atoms with van der Waals surface area (Å²) in [5.74, 6) is 1.13. The summed E-state index contributed by atoms with van der Waals surface area (Å²) < 4.78 is 23.7. The number of aryl methyl sites for hydroxylation is 2. The Kier molecular flexibility index (Phi) is 3.58. The van der Waals surface area contributed by atoms with Crippen LogP contribution in [-0.2, 0) is 9.84 Å². The molecule has 2 aromatic rings. The molecule has 0 N–H and O–H groups in total. The summed E-state index contributed by atoms with van der Waals surface area (Å²) >= 11 is 1.33. The van der Waals surface area contributed by atoms with Crippen molar-refractivity contribution in [3.8, 4) is 0 Å². The second-order valence-electron chi connectivity index (χ2n) is 4.12. The zero-order valence-corrected chi connectivity index (χ0v) is 12.0. The minimum absolute atomic E-state index is 0.124. The molecule has 0 spiro atoms. The molecule has 2 rings (SSSR count). The van der Waals surface area contributed by atoms with Crippen molar-refractivity contribution in [1.29, 1.82) is 0 Å². The highest BCUT2D eigenvalue weighted by Gasteiger charge is 2.09. The zero-order valence-electron chi connectivity index (χ0n) is 10.4. The summed E-state index contributed by atoms with van der Waals surface area (Å²) in [4.78, 5) is 8.53. The van der Waals surface area contributed by atoms with Gasteiger partial charge in [-0.15, -0.1) is 5.10 Å². The zero-order chi connectivity index (χ0) is 13.3. The molecule has 0 amide bonds. The number of hydrogen-bond donors (Lipinski definition) is 0. The van der Waals surface area contributed by atoms with E-state index < -0.39 is 9.84 Å². The van der Waals surface area contributed by atoms with E-state index in [9.17, 15) is 8.42 Å². The first kappa shape index (κ1) is 13.3. The molecule has 0 saturated carbocycles. The van der Waals surface area contributed by atoms with Gasteiger partial charge in [0.25, 0.3) is 5.78 Å². The van der Waals surface area contributed by atoms with Crippen molar-refractivity contribution in [2.24, 2.45) is 0 Å². The molecule has 0 aliphatic heterocycles. The van der Waals surface area contributed by atoms with Gasteiger partial charge in [0.2, 0.25) is 5.16 Å². The van der Waals surface area contributed by atoms with Crippen LogP contribution in [0.3, 0.4) is 0 Å². The lowest BCUT2D eigenvalue weighted by Gasteiger charge is -1.97. The average molecular weight is 286 g/mol. The van der Waals surface area contributed by atoms with Gasteiger partial charge in [0, 0.05) is 23.4 Å². The Morgan fingerprint density at radius 2 is 2.06 bits per heavy atom. The van der Waals surface area contributed by atoms with Crippen LogP contribution in [0.1, 0.15) is 11.4 Å². The first-order valence-electron chi connectivity index (χ1n) is 5.37. The maximum Gasteiger partial charge on any atom is 0.253 e. The van der Waals surface area contributed by atoms with Crippen molar-refractivity contribution in [2.45, 2.75) is 19.0 Å². The van der Waals surface area contributed by atoms with E-state index in [1.807, 2.05) is 19.9 Å². The minimum Gasteiger partial charge on any atom is -0.229 e. The quantitative estimate of drug-likeness (QED) is 0.776. The van der Waals surface area contributed by atoms with Gasteiger partial charge in [-0.05, 0) is 19.9 Å². The van der Waals surface area contributed by atoms with Crippen molar-refractivity contribution in [3.05, 3.63) is 17.5 Å². The Labute approximate surface area is 110 Å². The molecule has 0 radical (unpaired) electrons. The number of nitrogens with zero attached hydrogens (tertiary/aromatic N) is 4. The first-order chi connectivity index (χ1) is 8.35. The molecule has 0 atom stereocenters. The van der Waals surface area contributed by atoms with E-state index in [0.717, 1.165) is 11.4 Å². The number of sulfone groups is 1. The molecule has 6 nitrogen and oxygen atoms in total. The summed E-state index contributed by atoms with van der Waals surface area (Å²) in [6.07, 6.45) is 1.22. The van der Waals surface area contributed by atoms with Gasteiger partial charge in [0.05, 0.1) is 5.75 Å². The molecule has 0 aliphatic carbocycles. The van der Waals surface area contributed by atoms with Gasteiger partial charge in [-0.25, -0.2) is 17.9 Å². The topological polar surface area (TPSA) is 77.2 Å². The van der Waals surface area contributed by atoms with Gasteiger partial charge in [-0.2, -0.15) is 4.98 Å². The number of hydrogen-bond acceptors (Lipinski definition) is 6. The third-order valence-corrected chi connectivity index (χ3v) is 4.33. The second kappa shape index (κ2) is 4.85. The molecule has 0 fully saturated rings. The third kappa shape index (κ3) is 3.20. The molecule has 0 unspecified atom stereocenters. The standard InChI is InChI=1S/C10H14N4O2S2/c1-7-6-8(2)14-9(11-7)12-10(13-14)17-4-5-18(3,15)16/h6H,4-5H2,1-3H3. The van der Waals surface area contributed by atoms with Gasteiger partial charge in [0.15, 0.2) is 0 Å². The predicted octanol–water partition coefficient (Wildman–Crippen LogP) is 0.878. The van der Waals surface area contributed by atoms with Crippen molar-refractivity contribution in [1.82, 2.24) is 19.6 Å². The Bertz CT molecular complexity index is 678. The van der Waals surface area contributed by atoms with Crippen LogP contribution in [0.25, 0.3) is 5.78 Å². The van der Waals surface area contributed by atoms with Crippen LogP contribution in [0.15, 0.2) is 11.2 Å². The lowest BCUT2D eigenvalue weighted by Crippen LogP contribution is -2.05. The summed E-state index contributed by atoms with van der Waals surface area (Å²) in [5.41, 5.74) is 1.85. The summed E-state index contributed by atoms with van der Waals surface area (Å²) in [6, 6.07) is 1.92. The van der Waals surface area contributed by atoms with Crippen molar-refractivity contribution in [3.63, 3.8) is 0 Å². The van der Waals surface area contributed by atoms with Crippen LogP contribution >= 0.6 is 11.8 Å². The fraction of sp³-hybridized carbons (Fsp3) is 0.500. The predicted molar refractivity (Wildman–Crippen MR) is 70.7 cm³/mol. The highest BCUT2D eigenvalue weighted by molar-refractivity contribution is 8.00. The molecule has 0 aromatic carbocycles. The number of rotatable bonds is 4. The van der Waals surface area contributed by atoms with Crippen LogP contribution < -0.4 is 0 Å². The largest absolute Gasteiger partial charge is 0.253 e. The molecule has 18 heavy (non-hydrogen) atoms. The number of aromatic nitrogens is 4. The molecule has 0 aliphatic rings. The van der Waals surface area contributed by atoms with Crippen LogP contribution in [0.4, 0.5) is 0 Å². The number of thioether (sulfide) groups is 1. The molecular weight excluding hydrogens is 272 g/mol. The lowest BCUT2D eigenvalue weighted by molar-refractivity contribution is 0.603. The highest BCUT2D eigenvalue weighted by atomic mass is 32.2. The van der Waals surface area contributed by atoms with E-state index in [0.29, 0.717) is 16.7 Å². The maximum atomic E-state index is 11.0. The molecule has 98 valence electrons. The Morgan fingerprint density at radius 3 is 2.72 bits per heavy atom. The second-order valence-corrected chi connectivity index (χ2v) is 7.45. The smallest absolute Gasteiger partial charge is 0.229 e. The number of fused-ring (bicyclic) bond motifs is 1. The first-order valence-corrected chi connectivity index (χ1v) is 8.41. The normalized spacial score (nSPS) is 12.2. The lowest BCUT2D eigenvalue weighted by atomic mass is 10.4. The summed E-state index contributed by atoms with van der Waals surface area (Å²) in [7, 11) is -2.94. The van der Waals surface area contributed by atoms with Gasteiger partial charge in [-0.1, -0.05) is 11.8 Å². The van der Waals surface area contributed by atoms with E-state index in [2.05, 4.69) is 15.1 Å². The summed E-state index contributed by atoms with van der Waals surface area (Å²) in [5, 5.41) is 4.84. The van der Waals surface area contributed by atoms with Crippen molar-refractivity contribution >= 4 is 27.4 Å². The Morgan fingerprint density at radius 1 is 1.33 bits per heavy atom. The van der Waals surface area contributed by atoms with Crippen LogP contribution in [0, 0.1) is 13.8 Å². The minimum atomic E-state index is -2.94. The van der Waals surface area contributed by atoms with E-state index in [-0.39, 0.29) is 5.75 Å². The Hall–Kier alpha value is -1.15. The molecular formula is C10H14N4O2S2. The van der Waals surface area contributed by atoms with Crippen LogP contribution in [0.2, 0.25) is 0 Å². The molecule has 0 bridgehead atoms. The average Bonchev–Trinajstić information content (AvgIpc) is 2.58. The van der Waals surface area contributed by atoms with Gasteiger partial charge < -0.3 is 0 Å². The fourth-order valence-corrected chi connectivity index (χ4v) is 3.51. The van der Waals surface area contributed by atoms with Gasteiger partial charge in [-0.3, -0.25) is 0 Å². The molecule has 2 heterocycles. The fourth-order valence-electron chi connectivity index (χ4n) is 1.49. The van der Waals surface area contributed by atoms with Gasteiger partial charge >= 0.3 is 0 Å². The van der Waals surface area contributed by atoms with E-state index >= 15 is 0 Å². The Balaban J connectivity index is 2.18. The monoisotopic (exact) mass is 286 g/mol.